The molecule has 1 radical (unpaired) electrons. The molecule has 0 aliphatic carbocycles. The van der Waals surface area contributed by atoms with Gasteiger partial charge >= 0.3 is 0 Å². The summed E-state index contributed by atoms with van der Waals surface area (Å²) < 4.78 is 32.0. The molecule has 1 aromatic carbocycles. The summed E-state index contributed by atoms with van der Waals surface area (Å²) >= 11 is 0. The molecule has 155 valence electrons. The number of nitro groups is 1. The van der Waals surface area contributed by atoms with Crippen LogP contribution in [0.25, 0.3) is 0 Å². The van der Waals surface area contributed by atoms with Gasteiger partial charge in [0.15, 0.2) is 0 Å². The van der Waals surface area contributed by atoms with E-state index in [1.807, 2.05) is 0 Å². The largest absolute Gasteiger partial charge is 0.377 e. The second kappa shape index (κ2) is 22.1. The average molecular weight is 520 g/mol. The number of nitrogens with zero attached hydrogens (tertiary/aromatic N) is 1. The molecule has 9 nitrogen and oxygen atoms in total. The number of hydrogen-bond donors (Lipinski definition) is 0. The number of non-ortho nitro benzene ring substituents is 1. The third-order valence-electron chi connectivity index (χ3n) is 3.20. The van der Waals surface area contributed by atoms with Crippen LogP contribution in [0.2, 0.25) is 0 Å². The van der Waals surface area contributed by atoms with Gasteiger partial charge in [-0.1, -0.05) is 18.2 Å². The summed E-state index contributed by atoms with van der Waals surface area (Å²) in [6, 6.07) is 7.93. The third kappa shape index (κ3) is 18.5. The number of benzene rings is 1. The van der Waals surface area contributed by atoms with Gasteiger partial charge in [0.05, 0.1) is 84.2 Å². The van der Waals surface area contributed by atoms with Crippen LogP contribution < -0.4 is 0 Å². The molecule has 1 aromatic rings. The standard InChI is InChI=1S/C12H24O6.C6H5NO2.Cs/c1-2-14-5-6-16-9-10-18-12-11-17-8-7-15-4-3-13-1;8-7(9)6-4-2-1-3-5-6;/h1-12H2;1-5H;. The minimum Gasteiger partial charge on any atom is -0.377 e. The second-order valence-electron chi connectivity index (χ2n) is 5.27. The van der Waals surface area contributed by atoms with E-state index in [1.54, 1.807) is 18.2 Å². The molecule has 0 N–H and O–H groups in total. The maximum Gasteiger partial charge on any atom is 0.269 e. The van der Waals surface area contributed by atoms with Crippen molar-refractivity contribution in [2.45, 2.75) is 0 Å². The molecule has 1 fully saturated rings. The van der Waals surface area contributed by atoms with Crippen molar-refractivity contribution in [2.24, 2.45) is 0 Å². The summed E-state index contributed by atoms with van der Waals surface area (Å²) in [6.45, 7) is 7.04. The summed E-state index contributed by atoms with van der Waals surface area (Å²) in [4.78, 5) is 9.59. The predicted molar refractivity (Wildman–Crippen MR) is 104 cm³/mol. The monoisotopic (exact) mass is 520 g/mol. The number of rotatable bonds is 1. The van der Waals surface area contributed by atoms with Crippen LogP contribution >= 0.6 is 0 Å². The SMILES string of the molecule is C1COCCOCCOCCOCCOCCO1.O=[N+]([O-])c1ccccc1.[Cs]. The van der Waals surface area contributed by atoms with Crippen molar-refractivity contribution in [3.05, 3.63) is 40.4 Å². The second-order valence-corrected chi connectivity index (χ2v) is 5.27. The topological polar surface area (TPSA) is 98.5 Å². The smallest absolute Gasteiger partial charge is 0.269 e. The van der Waals surface area contributed by atoms with Gasteiger partial charge in [-0.05, 0) is 0 Å². The fraction of sp³-hybridized carbons (Fsp3) is 0.667. The summed E-state index contributed by atoms with van der Waals surface area (Å²) in [6.07, 6.45) is 0. The Balaban J connectivity index is 0.000000614. The summed E-state index contributed by atoms with van der Waals surface area (Å²) in [5.41, 5.74) is 0.137. The van der Waals surface area contributed by atoms with Crippen LogP contribution in [0.4, 0.5) is 5.69 Å². The van der Waals surface area contributed by atoms with Gasteiger partial charge in [0.1, 0.15) is 0 Å². The van der Waals surface area contributed by atoms with Gasteiger partial charge in [-0.3, -0.25) is 10.1 Å². The van der Waals surface area contributed by atoms with Crippen molar-refractivity contribution >= 4 is 74.6 Å². The Labute approximate surface area is 224 Å². The zero-order valence-corrected chi connectivity index (χ0v) is 22.9. The molecular formula is C18H29CsNO8. The number of nitro benzene ring substituents is 1. The average Bonchev–Trinajstić information content (AvgIpc) is 2.69. The Kier molecular flexibility index (Phi) is 22.5. The van der Waals surface area contributed by atoms with E-state index in [4.69, 9.17) is 28.4 Å². The van der Waals surface area contributed by atoms with Crippen LogP contribution in [0.5, 0.6) is 0 Å². The van der Waals surface area contributed by atoms with Crippen LogP contribution in [0.1, 0.15) is 0 Å². The number of para-hydroxylation sites is 1. The zero-order chi connectivity index (χ0) is 19.4. The van der Waals surface area contributed by atoms with Gasteiger partial charge in [-0.15, -0.1) is 0 Å². The van der Waals surface area contributed by atoms with Crippen LogP contribution in [0.3, 0.4) is 0 Å². The normalized spacial score (nSPS) is 18.3. The molecule has 28 heavy (non-hydrogen) atoms. The number of hydrogen-bond acceptors (Lipinski definition) is 8. The minimum absolute atomic E-state index is 0. The fourth-order valence-electron chi connectivity index (χ4n) is 1.87. The van der Waals surface area contributed by atoms with E-state index in [0.717, 1.165) is 0 Å². The van der Waals surface area contributed by atoms with E-state index in [2.05, 4.69) is 0 Å². The Morgan fingerprint density at radius 1 is 0.571 bits per heavy atom. The maximum absolute atomic E-state index is 10.0. The van der Waals surface area contributed by atoms with Gasteiger partial charge in [-0.2, -0.15) is 0 Å². The molecule has 0 atom stereocenters. The molecule has 1 saturated heterocycles. The Morgan fingerprint density at radius 2 is 0.821 bits per heavy atom. The molecule has 0 saturated carbocycles. The molecule has 0 aromatic heterocycles. The molecule has 0 spiro atoms. The van der Waals surface area contributed by atoms with Gasteiger partial charge in [0.25, 0.3) is 5.69 Å². The fourth-order valence-corrected chi connectivity index (χ4v) is 1.87. The zero-order valence-electron chi connectivity index (χ0n) is 16.6. The maximum atomic E-state index is 10.0. The first-order valence-electron chi connectivity index (χ1n) is 8.96. The van der Waals surface area contributed by atoms with Crippen molar-refractivity contribution in [2.75, 3.05) is 79.3 Å². The van der Waals surface area contributed by atoms with Crippen molar-refractivity contribution < 1.29 is 33.3 Å². The van der Waals surface area contributed by atoms with E-state index in [9.17, 15) is 10.1 Å². The van der Waals surface area contributed by atoms with E-state index in [0.29, 0.717) is 79.3 Å². The Bertz CT molecular complexity index is 391. The van der Waals surface area contributed by atoms with Crippen molar-refractivity contribution in [3.8, 4) is 0 Å². The van der Waals surface area contributed by atoms with Crippen LogP contribution in [0, 0.1) is 10.1 Å². The molecule has 1 heterocycles. The summed E-state index contributed by atoms with van der Waals surface area (Å²) in [5, 5.41) is 10.0. The molecule has 10 heteroatoms. The van der Waals surface area contributed by atoms with E-state index < -0.39 is 4.92 Å². The summed E-state index contributed by atoms with van der Waals surface area (Å²) in [7, 11) is 0. The van der Waals surface area contributed by atoms with Gasteiger partial charge in [-0.25, -0.2) is 0 Å². The molecule has 1 aliphatic heterocycles. The van der Waals surface area contributed by atoms with Gasteiger partial charge < -0.3 is 28.4 Å². The first-order chi connectivity index (χ1) is 13.3. The Morgan fingerprint density at radius 3 is 1.00 bits per heavy atom. The molecule has 2 rings (SSSR count). The molecular weight excluding hydrogens is 491 g/mol. The number of ether oxygens (including phenoxy) is 6. The summed E-state index contributed by atoms with van der Waals surface area (Å²) in [5.74, 6) is 0. The van der Waals surface area contributed by atoms with Crippen molar-refractivity contribution in [3.63, 3.8) is 0 Å². The van der Waals surface area contributed by atoms with Crippen LogP contribution in [-0.4, -0.2) is 153 Å². The van der Waals surface area contributed by atoms with Crippen LogP contribution in [0.15, 0.2) is 30.3 Å². The van der Waals surface area contributed by atoms with Crippen molar-refractivity contribution in [1.82, 2.24) is 0 Å². The van der Waals surface area contributed by atoms with Crippen LogP contribution in [-0.2, 0) is 28.4 Å². The quantitative estimate of drug-likeness (QED) is 0.404. The van der Waals surface area contributed by atoms with E-state index in [1.165, 1.54) is 12.1 Å². The van der Waals surface area contributed by atoms with Gasteiger partial charge in [0.2, 0.25) is 0 Å². The van der Waals surface area contributed by atoms with E-state index >= 15 is 0 Å². The minimum atomic E-state index is -0.417. The Hall–Kier alpha value is 0.432. The van der Waals surface area contributed by atoms with Gasteiger partial charge in [0, 0.05) is 81.0 Å². The molecule has 0 bridgehead atoms. The van der Waals surface area contributed by atoms with E-state index in [-0.39, 0.29) is 74.6 Å². The first-order valence-corrected chi connectivity index (χ1v) is 8.96. The predicted octanol–water partition coefficient (Wildman–Crippen LogP) is 1.31. The molecule has 0 unspecified atom stereocenters. The first kappa shape index (κ1) is 28.4. The molecule has 1 aliphatic rings. The van der Waals surface area contributed by atoms with Crippen molar-refractivity contribution in [1.29, 1.82) is 0 Å². The third-order valence-corrected chi connectivity index (χ3v) is 3.20. The molecule has 0 amide bonds.